The van der Waals surface area contributed by atoms with E-state index in [1.807, 2.05) is 25.2 Å². The molecule has 1 amide bonds. The van der Waals surface area contributed by atoms with Crippen LogP contribution in [0.1, 0.15) is 139 Å². The molecule has 1 aromatic carbocycles. The minimum Gasteiger partial charge on any atom is -0.481 e. The zero-order chi connectivity index (χ0) is 42.8. The second-order valence-electron chi connectivity index (χ2n) is 21.7. The molecule has 1 aromatic rings. The molecule has 0 radical (unpaired) electrons. The maximum Gasteiger partial charge on any atom is 0.309 e. The van der Waals surface area contributed by atoms with E-state index in [4.69, 9.17) is 4.74 Å². The van der Waals surface area contributed by atoms with Crippen LogP contribution in [0.4, 0.5) is 0 Å². The Morgan fingerprint density at radius 1 is 0.897 bits per heavy atom. The van der Waals surface area contributed by atoms with Gasteiger partial charge in [-0.05, 0) is 116 Å². The number of aliphatic hydroxyl groups excluding tert-OH is 1. The van der Waals surface area contributed by atoms with Crippen molar-refractivity contribution >= 4 is 23.6 Å². The van der Waals surface area contributed by atoms with Crippen LogP contribution in [0.5, 0.6) is 0 Å². The topological polar surface area (TPSA) is 124 Å². The normalized spacial score (nSPS) is 34.8. The van der Waals surface area contributed by atoms with E-state index in [2.05, 4.69) is 65.5 Å². The number of carbonyl (C=O) groups excluding carboxylic acids is 3. The molecule has 0 saturated heterocycles. The highest BCUT2D eigenvalue weighted by Gasteiger charge is 2.71. The molecule has 2 N–H and O–H groups in total. The van der Waals surface area contributed by atoms with Gasteiger partial charge in [0.05, 0.1) is 17.9 Å². The third-order valence-corrected chi connectivity index (χ3v) is 17.5. The van der Waals surface area contributed by atoms with Crippen LogP contribution < -0.4 is 0 Å². The summed E-state index contributed by atoms with van der Waals surface area (Å²) in [6.45, 7) is 23.5. The number of carboxylic acids is 1. The van der Waals surface area contributed by atoms with E-state index >= 15 is 0 Å². The molecule has 9 nitrogen and oxygen atoms in total. The quantitative estimate of drug-likeness (QED) is 0.190. The first-order chi connectivity index (χ1) is 26.9. The maximum absolute atomic E-state index is 14.3. The fraction of sp³-hybridized carbons (Fsp3) is 0.755. The van der Waals surface area contributed by atoms with Crippen LogP contribution in [0, 0.1) is 56.2 Å². The number of nitrogens with zero attached hydrogens (tertiary/aromatic N) is 2. The van der Waals surface area contributed by atoms with E-state index in [0.29, 0.717) is 44.4 Å². The number of aliphatic hydroxyl groups is 1. The Bertz CT molecular complexity index is 1790. The van der Waals surface area contributed by atoms with Gasteiger partial charge in [0, 0.05) is 57.4 Å². The van der Waals surface area contributed by atoms with Gasteiger partial charge in [0.2, 0.25) is 5.91 Å². The number of aliphatic carboxylic acids is 1. The van der Waals surface area contributed by atoms with Crippen molar-refractivity contribution in [2.75, 3.05) is 26.7 Å². The Kier molecular flexibility index (Phi) is 12.1. The third-order valence-electron chi connectivity index (χ3n) is 17.5. The molecule has 0 bridgehead atoms. The number of benzene rings is 1. The summed E-state index contributed by atoms with van der Waals surface area (Å²) in [5.41, 5.74) is 1.33. The first-order valence-electron chi connectivity index (χ1n) is 22.3. The van der Waals surface area contributed by atoms with Gasteiger partial charge in [-0.2, -0.15) is 0 Å². The van der Waals surface area contributed by atoms with E-state index in [0.717, 1.165) is 62.5 Å². The highest BCUT2D eigenvalue weighted by atomic mass is 16.5. The Balaban J connectivity index is 1.29. The number of esters is 1. The van der Waals surface area contributed by atoms with Crippen LogP contribution in [0.25, 0.3) is 0 Å². The molecular weight excluding hydrogens is 729 g/mol. The number of carbonyl (C=O) groups is 4. The van der Waals surface area contributed by atoms with Crippen molar-refractivity contribution in [3.8, 4) is 0 Å². The van der Waals surface area contributed by atoms with Crippen LogP contribution in [0.3, 0.4) is 0 Å². The van der Waals surface area contributed by atoms with E-state index < -0.39 is 28.9 Å². The van der Waals surface area contributed by atoms with Crippen molar-refractivity contribution in [1.82, 2.24) is 9.80 Å². The number of ketones is 1. The number of carboxylic acid groups (broad SMARTS) is 1. The van der Waals surface area contributed by atoms with Crippen molar-refractivity contribution in [3.05, 3.63) is 47.0 Å². The lowest BCUT2D eigenvalue weighted by Crippen LogP contribution is -2.66. The number of rotatable bonds is 13. The van der Waals surface area contributed by atoms with Gasteiger partial charge in [0.15, 0.2) is 5.78 Å². The predicted molar refractivity (Wildman–Crippen MR) is 226 cm³/mol. The molecule has 4 saturated carbocycles. The Morgan fingerprint density at radius 2 is 1.57 bits per heavy atom. The third kappa shape index (κ3) is 7.40. The molecule has 5 aliphatic carbocycles. The van der Waals surface area contributed by atoms with Gasteiger partial charge in [-0.15, -0.1) is 0 Å². The van der Waals surface area contributed by atoms with E-state index in [9.17, 15) is 29.4 Å². The lowest BCUT2D eigenvalue weighted by Gasteiger charge is -2.72. The molecule has 4 fully saturated rings. The van der Waals surface area contributed by atoms with Crippen LogP contribution in [0.15, 0.2) is 41.5 Å². The molecule has 6 rings (SSSR count). The number of ether oxygens (including phenoxy) is 1. The van der Waals surface area contributed by atoms with E-state index in [1.54, 1.807) is 25.7 Å². The molecule has 322 valence electrons. The average Bonchev–Trinajstić information content (AvgIpc) is 3.45. The van der Waals surface area contributed by atoms with Crippen LogP contribution in [0.2, 0.25) is 0 Å². The van der Waals surface area contributed by atoms with Gasteiger partial charge in [0.25, 0.3) is 0 Å². The monoisotopic (exact) mass is 803 g/mol. The molecular formula is C49H74N2O7. The second kappa shape index (κ2) is 15.8. The molecule has 9 atom stereocenters. The summed E-state index contributed by atoms with van der Waals surface area (Å²) in [5.74, 6) is -0.119. The van der Waals surface area contributed by atoms with Crippen molar-refractivity contribution in [3.63, 3.8) is 0 Å². The lowest BCUT2D eigenvalue weighted by atomic mass is 9.33. The summed E-state index contributed by atoms with van der Waals surface area (Å²) in [7, 11) is 1.82. The Hall–Kier alpha value is -3.04. The van der Waals surface area contributed by atoms with E-state index in [-0.39, 0.29) is 57.7 Å². The number of fused-ring (bicyclic) bond motifs is 7. The van der Waals surface area contributed by atoms with Gasteiger partial charge in [-0.3, -0.25) is 24.1 Å². The number of hydrogen-bond donors (Lipinski definition) is 2. The SMILES string of the molecule is CC(=O)N(C)CCN(Cc1ccccc1)C[C@H](O)[C@@]12CC[C@]3(C)[C@H](CCC4[C@@]5(C)CC[C@H](OC(=O)CC(C)(C)C(=O)O)C(C)(C)[C@@H]5CC[C@]43C)C1=C(C(C)C)C(=O)C2. The first kappa shape index (κ1) is 44.5. The fourth-order valence-electron chi connectivity index (χ4n) is 13.9. The minimum atomic E-state index is -1.18. The second-order valence-corrected chi connectivity index (χ2v) is 21.7. The molecule has 0 heterocycles. The van der Waals surface area contributed by atoms with Crippen LogP contribution >= 0.6 is 0 Å². The van der Waals surface area contributed by atoms with Gasteiger partial charge in [-0.25, -0.2) is 0 Å². The standard InChI is InChI=1S/C49H74N2O7/c1-31(2)41-35(53)27-49(38(54)30-51(26-25-50(11)32(3)52)29-33-15-13-12-14-16-33)24-23-47(9)34(42(41)49)17-18-37-46(8)21-20-39(58-40(55)28-44(4,5)43(56)57)45(6,7)36(46)19-22-48(37,47)10/h12-16,31,34,36-39,54H,17-30H2,1-11H3,(H,56,57)/t34-,36+,37?,38+,39+,46+,47-,48-,49+/m1/s1. The fourth-order valence-corrected chi connectivity index (χ4v) is 13.9. The summed E-state index contributed by atoms with van der Waals surface area (Å²) in [5, 5.41) is 22.4. The van der Waals surface area contributed by atoms with Crippen molar-refractivity contribution in [2.24, 2.45) is 56.2 Å². The minimum absolute atomic E-state index is 0.0146. The molecule has 1 unspecified atom stereocenters. The number of amides is 1. The van der Waals surface area contributed by atoms with Crippen molar-refractivity contribution in [2.45, 2.75) is 152 Å². The highest BCUT2D eigenvalue weighted by molar-refractivity contribution is 6.00. The predicted octanol–water partition coefficient (Wildman–Crippen LogP) is 8.72. The number of likely N-dealkylation sites (N-methyl/N-ethyl adjacent to an activating group) is 1. The summed E-state index contributed by atoms with van der Waals surface area (Å²) >= 11 is 0. The molecule has 0 spiro atoms. The molecule has 5 aliphatic rings. The summed E-state index contributed by atoms with van der Waals surface area (Å²) in [6, 6.07) is 10.3. The van der Waals surface area contributed by atoms with Gasteiger partial charge >= 0.3 is 11.9 Å². The lowest BCUT2D eigenvalue weighted by molar-refractivity contribution is -0.235. The molecule has 58 heavy (non-hydrogen) atoms. The van der Waals surface area contributed by atoms with Crippen molar-refractivity contribution in [1.29, 1.82) is 0 Å². The zero-order valence-electron chi connectivity index (χ0n) is 37.6. The van der Waals surface area contributed by atoms with Crippen LogP contribution in [-0.2, 0) is 30.5 Å². The summed E-state index contributed by atoms with van der Waals surface area (Å²) in [6.07, 6.45) is 6.84. The van der Waals surface area contributed by atoms with Crippen LogP contribution in [-0.4, -0.2) is 82.5 Å². The molecule has 0 aromatic heterocycles. The van der Waals surface area contributed by atoms with Gasteiger partial charge < -0.3 is 19.8 Å². The van der Waals surface area contributed by atoms with E-state index in [1.165, 1.54) is 5.57 Å². The smallest absolute Gasteiger partial charge is 0.309 e. The summed E-state index contributed by atoms with van der Waals surface area (Å²) < 4.78 is 6.19. The maximum atomic E-state index is 14.3. The number of allylic oxidation sites excluding steroid dienone is 1. The van der Waals surface area contributed by atoms with Gasteiger partial charge in [0.1, 0.15) is 6.10 Å². The Labute approximate surface area is 348 Å². The van der Waals surface area contributed by atoms with Crippen molar-refractivity contribution < 1.29 is 34.1 Å². The zero-order valence-corrected chi connectivity index (χ0v) is 37.6. The molecule has 0 aliphatic heterocycles. The highest BCUT2D eigenvalue weighted by Crippen LogP contribution is 2.77. The summed E-state index contributed by atoms with van der Waals surface area (Å²) in [4.78, 5) is 55.5. The number of Topliss-reactive ketones (excluding diaryl/α,β-unsaturated/α-hetero) is 1. The van der Waals surface area contributed by atoms with Gasteiger partial charge in [-0.1, -0.05) is 84.4 Å². The molecule has 9 heteroatoms. The first-order valence-corrected chi connectivity index (χ1v) is 22.3. The average molecular weight is 803 g/mol. The Morgan fingerprint density at radius 3 is 2.19 bits per heavy atom. The number of hydrogen-bond acceptors (Lipinski definition) is 7. The largest absolute Gasteiger partial charge is 0.481 e.